The van der Waals surface area contributed by atoms with E-state index in [0.717, 1.165) is 6.92 Å². The van der Waals surface area contributed by atoms with E-state index in [9.17, 15) is 4.79 Å². The van der Waals surface area contributed by atoms with Gasteiger partial charge in [-0.05, 0) is 13.3 Å². The van der Waals surface area contributed by atoms with E-state index < -0.39 is 24.1 Å². The molecule has 0 aromatic carbocycles. The van der Waals surface area contributed by atoms with Crippen molar-refractivity contribution >= 4 is 5.97 Å². The van der Waals surface area contributed by atoms with Crippen LogP contribution in [0.5, 0.6) is 0 Å². The van der Waals surface area contributed by atoms with Crippen LogP contribution < -0.4 is 5.73 Å². The van der Waals surface area contributed by atoms with E-state index in [-0.39, 0.29) is 6.42 Å². The first-order chi connectivity index (χ1) is 5.81. The zero-order chi connectivity index (χ0) is 10.6. The van der Waals surface area contributed by atoms with E-state index in [1.54, 1.807) is 6.92 Å². The number of ether oxygens (including phenoxy) is 1. The molecule has 0 amide bonds. The maximum absolute atomic E-state index is 10.7. The third kappa shape index (κ3) is 3.69. The van der Waals surface area contributed by atoms with Crippen molar-refractivity contribution in [3.05, 3.63) is 0 Å². The molecule has 0 aliphatic heterocycles. The van der Waals surface area contributed by atoms with Crippen molar-refractivity contribution in [1.82, 2.24) is 0 Å². The molecule has 6 nitrogen and oxygen atoms in total. The van der Waals surface area contributed by atoms with Crippen LogP contribution in [-0.4, -0.2) is 39.4 Å². The Bertz CT molecular complexity index is 180. The standard InChI is InChI=1S/C7H15NO5/c1-3-5(8)7(11,12)13-6(10)4(2)9/h4-5,9,11-12H,3,8H2,1-2H3. The number of carbonyl (C=O) groups is 1. The fraction of sp³-hybridized carbons (Fsp3) is 0.857. The van der Waals surface area contributed by atoms with Crippen molar-refractivity contribution < 1.29 is 24.9 Å². The summed E-state index contributed by atoms with van der Waals surface area (Å²) in [7, 11) is 0. The second-order valence-corrected chi connectivity index (χ2v) is 2.77. The molecule has 0 saturated carbocycles. The minimum Gasteiger partial charge on any atom is -0.405 e. The molecule has 13 heavy (non-hydrogen) atoms. The van der Waals surface area contributed by atoms with E-state index in [1.807, 2.05) is 0 Å². The van der Waals surface area contributed by atoms with Gasteiger partial charge in [0.05, 0.1) is 6.04 Å². The highest BCUT2D eigenvalue weighted by Gasteiger charge is 2.36. The first-order valence-corrected chi connectivity index (χ1v) is 3.92. The highest BCUT2D eigenvalue weighted by Crippen LogP contribution is 2.10. The molecule has 6 heteroatoms. The van der Waals surface area contributed by atoms with Gasteiger partial charge in [0.15, 0.2) is 0 Å². The maximum atomic E-state index is 10.7. The van der Waals surface area contributed by atoms with Crippen molar-refractivity contribution in [2.24, 2.45) is 5.73 Å². The first kappa shape index (κ1) is 12.3. The molecule has 5 N–H and O–H groups in total. The molecule has 0 spiro atoms. The minimum atomic E-state index is -2.72. The first-order valence-electron chi connectivity index (χ1n) is 3.92. The van der Waals surface area contributed by atoms with Gasteiger partial charge in [0, 0.05) is 0 Å². The number of esters is 1. The van der Waals surface area contributed by atoms with Crippen LogP contribution in [0.2, 0.25) is 0 Å². The van der Waals surface area contributed by atoms with Crippen molar-refractivity contribution in [2.45, 2.75) is 38.4 Å². The molecule has 0 aliphatic rings. The number of rotatable bonds is 4. The van der Waals surface area contributed by atoms with Crippen LogP contribution in [0.15, 0.2) is 0 Å². The molecule has 0 aromatic heterocycles. The van der Waals surface area contributed by atoms with Gasteiger partial charge in [0.1, 0.15) is 6.10 Å². The molecule has 0 aliphatic carbocycles. The van der Waals surface area contributed by atoms with E-state index in [1.165, 1.54) is 0 Å². The Morgan fingerprint density at radius 3 is 2.38 bits per heavy atom. The maximum Gasteiger partial charge on any atom is 0.340 e. The predicted molar refractivity (Wildman–Crippen MR) is 43.2 cm³/mol. The van der Waals surface area contributed by atoms with Crippen molar-refractivity contribution in [3.8, 4) is 0 Å². The summed E-state index contributed by atoms with van der Waals surface area (Å²) < 4.78 is 4.15. The summed E-state index contributed by atoms with van der Waals surface area (Å²) in [6.45, 7) is 2.75. The lowest BCUT2D eigenvalue weighted by atomic mass is 10.2. The zero-order valence-corrected chi connectivity index (χ0v) is 7.60. The highest BCUT2D eigenvalue weighted by molar-refractivity contribution is 5.74. The SMILES string of the molecule is CCC(N)C(O)(O)OC(=O)C(C)O. The van der Waals surface area contributed by atoms with Crippen LogP contribution in [-0.2, 0) is 9.53 Å². The van der Waals surface area contributed by atoms with Gasteiger partial charge in [-0.3, -0.25) is 0 Å². The van der Waals surface area contributed by atoms with Gasteiger partial charge in [-0.1, -0.05) is 6.92 Å². The second-order valence-electron chi connectivity index (χ2n) is 2.77. The minimum absolute atomic E-state index is 0.222. The predicted octanol–water partition coefficient (Wildman–Crippen LogP) is -1.71. The molecular formula is C7H15NO5. The van der Waals surface area contributed by atoms with E-state index in [2.05, 4.69) is 4.74 Å². The largest absolute Gasteiger partial charge is 0.405 e. The van der Waals surface area contributed by atoms with Gasteiger partial charge in [-0.25, -0.2) is 4.79 Å². The number of hydrogen-bond donors (Lipinski definition) is 4. The van der Waals surface area contributed by atoms with E-state index in [0.29, 0.717) is 0 Å². The lowest BCUT2D eigenvalue weighted by molar-refractivity contribution is -0.331. The average molecular weight is 193 g/mol. The van der Waals surface area contributed by atoms with Gasteiger partial charge < -0.3 is 25.8 Å². The quantitative estimate of drug-likeness (QED) is 0.312. The third-order valence-electron chi connectivity index (χ3n) is 1.51. The van der Waals surface area contributed by atoms with Crippen LogP contribution in [0.4, 0.5) is 0 Å². The Labute approximate surface area is 75.9 Å². The molecule has 0 radical (unpaired) electrons. The van der Waals surface area contributed by atoms with Gasteiger partial charge >= 0.3 is 11.9 Å². The smallest absolute Gasteiger partial charge is 0.340 e. The number of carbonyl (C=O) groups excluding carboxylic acids is 1. The monoisotopic (exact) mass is 193 g/mol. The number of hydrogen-bond acceptors (Lipinski definition) is 6. The van der Waals surface area contributed by atoms with Crippen molar-refractivity contribution in [1.29, 1.82) is 0 Å². The van der Waals surface area contributed by atoms with Crippen LogP contribution >= 0.6 is 0 Å². The molecule has 0 bridgehead atoms. The second kappa shape index (κ2) is 4.52. The fourth-order valence-electron chi connectivity index (χ4n) is 0.575. The van der Waals surface area contributed by atoms with Gasteiger partial charge in [0.25, 0.3) is 0 Å². The summed E-state index contributed by atoms with van der Waals surface area (Å²) in [4.78, 5) is 10.7. The fourth-order valence-corrected chi connectivity index (χ4v) is 0.575. The van der Waals surface area contributed by atoms with E-state index in [4.69, 9.17) is 21.1 Å². The number of nitrogens with two attached hydrogens (primary N) is 1. The molecule has 0 heterocycles. The zero-order valence-electron chi connectivity index (χ0n) is 7.60. The summed E-state index contributed by atoms with van der Waals surface area (Å²) in [5.41, 5.74) is 5.24. The molecule has 0 aromatic rings. The molecule has 0 rings (SSSR count). The lowest BCUT2D eigenvalue weighted by Gasteiger charge is -2.26. The summed E-state index contributed by atoms with van der Waals surface area (Å²) in [6.07, 6.45) is -1.19. The average Bonchev–Trinajstić information content (AvgIpc) is 2.01. The van der Waals surface area contributed by atoms with Crippen LogP contribution in [0.25, 0.3) is 0 Å². The lowest BCUT2D eigenvalue weighted by Crippen LogP contribution is -2.52. The molecular weight excluding hydrogens is 178 g/mol. The Balaban J connectivity index is 4.24. The topological polar surface area (TPSA) is 113 Å². The van der Waals surface area contributed by atoms with Crippen LogP contribution in [0.3, 0.4) is 0 Å². The molecule has 0 fully saturated rings. The number of aliphatic hydroxyl groups excluding tert-OH is 1. The molecule has 2 atom stereocenters. The van der Waals surface area contributed by atoms with Crippen LogP contribution in [0.1, 0.15) is 20.3 Å². The van der Waals surface area contributed by atoms with E-state index >= 15 is 0 Å². The van der Waals surface area contributed by atoms with Gasteiger partial charge in [-0.15, -0.1) is 0 Å². The summed E-state index contributed by atoms with van der Waals surface area (Å²) in [6, 6.07) is -1.10. The van der Waals surface area contributed by atoms with Crippen LogP contribution in [0, 0.1) is 0 Å². The molecule has 2 unspecified atom stereocenters. The van der Waals surface area contributed by atoms with Crippen molar-refractivity contribution in [3.63, 3.8) is 0 Å². The third-order valence-corrected chi connectivity index (χ3v) is 1.51. The van der Waals surface area contributed by atoms with Crippen molar-refractivity contribution in [2.75, 3.05) is 0 Å². The van der Waals surface area contributed by atoms with Gasteiger partial charge in [0.2, 0.25) is 0 Å². The molecule has 78 valence electrons. The summed E-state index contributed by atoms with van der Waals surface area (Å²) in [5.74, 6) is -3.85. The summed E-state index contributed by atoms with van der Waals surface area (Å²) >= 11 is 0. The summed E-state index contributed by atoms with van der Waals surface area (Å²) in [5, 5.41) is 26.9. The number of aliphatic hydroxyl groups is 3. The highest BCUT2D eigenvalue weighted by atomic mass is 16.8. The Hall–Kier alpha value is -0.690. The van der Waals surface area contributed by atoms with Gasteiger partial charge in [-0.2, -0.15) is 0 Å². The normalized spacial score (nSPS) is 16.5. The Morgan fingerprint density at radius 1 is 1.62 bits per heavy atom. The molecule has 0 saturated heterocycles. The Morgan fingerprint density at radius 2 is 2.08 bits per heavy atom. The Kier molecular flexibility index (Phi) is 4.28.